The molecule has 1 saturated heterocycles. The number of carbonyl (C=O) groups excluding carboxylic acids is 1. The molecule has 0 aliphatic carbocycles. The van der Waals surface area contributed by atoms with Crippen LogP contribution in [0.4, 0.5) is 4.79 Å². The minimum Gasteiger partial charge on any atom is -0.444 e. The Morgan fingerprint density at radius 1 is 1.03 bits per heavy atom. The number of piperidine rings is 1. The summed E-state index contributed by atoms with van der Waals surface area (Å²) in [7, 11) is 0. The van der Waals surface area contributed by atoms with Crippen molar-refractivity contribution in [3.8, 4) is 22.4 Å². The fourth-order valence-electron chi connectivity index (χ4n) is 4.88. The van der Waals surface area contributed by atoms with Crippen LogP contribution >= 0.6 is 0 Å². The fraction of sp³-hybridized carbons (Fsp3) is 0.281. The number of hydrogen-bond donors (Lipinski definition) is 2. The van der Waals surface area contributed by atoms with Gasteiger partial charge in [0, 0.05) is 24.5 Å². The van der Waals surface area contributed by atoms with Crippen molar-refractivity contribution in [1.82, 2.24) is 14.9 Å². The van der Waals surface area contributed by atoms with Gasteiger partial charge in [0.2, 0.25) is 0 Å². The number of nitrogens with zero attached hydrogens (tertiary/aromatic N) is 3. The maximum Gasteiger partial charge on any atom is 0.410 e. The van der Waals surface area contributed by atoms with Crippen molar-refractivity contribution in [2.45, 2.75) is 51.7 Å². The SMILES string of the molecule is CC(C)(C)OC(=O)N1CCCCC1C=N/C(=C\N)c1ccc2cc(-c3ccc(-c4cnc[nH]4)cc3)ccc2c1. The zero-order valence-electron chi connectivity index (χ0n) is 22.7. The summed E-state index contributed by atoms with van der Waals surface area (Å²) < 4.78 is 5.62. The molecule has 0 spiro atoms. The van der Waals surface area contributed by atoms with Gasteiger partial charge in [0.05, 0.1) is 30.0 Å². The van der Waals surface area contributed by atoms with Crippen molar-refractivity contribution in [3.63, 3.8) is 0 Å². The van der Waals surface area contributed by atoms with Gasteiger partial charge in [-0.15, -0.1) is 0 Å². The number of aromatic nitrogens is 2. The zero-order valence-corrected chi connectivity index (χ0v) is 22.7. The van der Waals surface area contributed by atoms with Gasteiger partial charge in [0.15, 0.2) is 0 Å². The first kappa shape index (κ1) is 26.2. The van der Waals surface area contributed by atoms with Crippen molar-refractivity contribution >= 4 is 28.8 Å². The van der Waals surface area contributed by atoms with Gasteiger partial charge in [-0.2, -0.15) is 0 Å². The molecule has 1 atom stereocenters. The summed E-state index contributed by atoms with van der Waals surface area (Å²) in [5, 5.41) is 2.24. The van der Waals surface area contributed by atoms with E-state index in [0.717, 1.165) is 58.0 Å². The number of hydrogen-bond acceptors (Lipinski definition) is 5. The lowest BCUT2D eigenvalue weighted by molar-refractivity contribution is 0.0171. The van der Waals surface area contributed by atoms with Crippen LogP contribution in [0.1, 0.15) is 45.6 Å². The number of rotatable bonds is 5. The quantitative estimate of drug-likeness (QED) is 0.276. The Kier molecular flexibility index (Phi) is 7.50. The summed E-state index contributed by atoms with van der Waals surface area (Å²) in [6.45, 7) is 6.31. The number of aliphatic imine (C=N–C) groups is 1. The number of fused-ring (bicyclic) bond motifs is 1. The van der Waals surface area contributed by atoms with Crippen LogP contribution in [0.3, 0.4) is 0 Å². The van der Waals surface area contributed by atoms with Crippen LogP contribution in [0.2, 0.25) is 0 Å². The molecule has 5 rings (SSSR count). The highest BCUT2D eigenvalue weighted by Gasteiger charge is 2.29. The van der Waals surface area contributed by atoms with E-state index in [9.17, 15) is 4.79 Å². The molecular weight excluding hydrogens is 486 g/mol. The monoisotopic (exact) mass is 521 g/mol. The number of carbonyl (C=O) groups is 1. The number of ether oxygens (including phenoxy) is 1. The highest BCUT2D eigenvalue weighted by atomic mass is 16.6. The molecule has 1 fully saturated rings. The van der Waals surface area contributed by atoms with Gasteiger partial charge in [-0.05, 0) is 79.6 Å². The average molecular weight is 522 g/mol. The number of aromatic amines is 1. The van der Waals surface area contributed by atoms with Gasteiger partial charge in [-0.25, -0.2) is 9.78 Å². The summed E-state index contributed by atoms with van der Waals surface area (Å²) in [5.41, 5.74) is 11.5. The second-order valence-corrected chi connectivity index (χ2v) is 10.9. The molecular formula is C32H35N5O2. The van der Waals surface area contributed by atoms with E-state index in [1.807, 2.05) is 39.2 Å². The van der Waals surface area contributed by atoms with E-state index in [-0.39, 0.29) is 12.1 Å². The first-order valence-electron chi connectivity index (χ1n) is 13.4. The highest BCUT2D eigenvalue weighted by molar-refractivity contribution is 5.91. The molecule has 1 unspecified atom stereocenters. The molecule has 7 heteroatoms. The summed E-state index contributed by atoms with van der Waals surface area (Å²) in [6.07, 6.45) is 9.43. The number of H-pyrrole nitrogens is 1. The van der Waals surface area contributed by atoms with E-state index in [2.05, 4.69) is 64.6 Å². The molecule has 3 N–H and O–H groups in total. The van der Waals surface area contributed by atoms with Crippen LogP contribution < -0.4 is 5.73 Å². The molecule has 39 heavy (non-hydrogen) atoms. The number of nitrogens with two attached hydrogens (primary N) is 1. The van der Waals surface area contributed by atoms with E-state index in [0.29, 0.717) is 12.2 Å². The largest absolute Gasteiger partial charge is 0.444 e. The normalized spacial score (nSPS) is 16.6. The van der Waals surface area contributed by atoms with Crippen LogP contribution in [-0.4, -0.2) is 45.4 Å². The molecule has 7 nitrogen and oxygen atoms in total. The molecule has 2 heterocycles. The smallest absolute Gasteiger partial charge is 0.410 e. The standard InChI is InChI=1S/C32H35N5O2/c1-32(2,3)39-31(38)37-15-5-4-6-28(37)19-35-29(18-33)27-14-13-25-16-24(11-12-26(25)17-27)22-7-9-23(10-8-22)30-20-34-21-36-30/h7-14,16-21,28H,4-6,15,33H2,1-3H3,(H,34,36)/b29-18-,35-19?. The van der Waals surface area contributed by atoms with E-state index >= 15 is 0 Å². The number of imidazole rings is 1. The Morgan fingerprint density at radius 3 is 2.46 bits per heavy atom. The first-order chi connectivity index (χ1) is 18.8. The number of likely N-dealkylation sites (tertiary alicyclic amines) is 1. The summed E-state index contributed by atoms with van der Waals surface area (Å²) in [4.78, 5) is 26.5. The summed E-state index contributed by atoms with van der Waals surface area (Å²) in [6, 6.07) is 21.0. The van der Waals surface area contributed by atoms with Crippen molar-refractivity contribution in [3.05, 3.63) is 85.0 Å². The van der Waals surface area contributed by atoms with Crippen molar-refractivity contribution in [1.29, 1.82) is 0 Å². The van der Waals surface area contributed by atoms with E-state index in [1.165, 1.54) is 6.20 Å². The lowest BCUT2D eigenvalue weighted by atomic mass is 9.98. The molecule has 3 aromatic carbocycles. The first-order valence-corrected chi connectivity index (χ1v) is 13.4. The molecule has 200 valence electrons. The Hall–Kier alpha value is -4.39. The highest BCUT2D eigenvalue weighted by Crippen LogP contribution is 2.29. The molecule has 0 bridgehead atoms. The lowest BCUT2D eigenvalue weighted by Gasteiger charge is -2.34. The Balaban J connectivity index is 1.33. The number of nitrogens with one attached hydrogen (secondary N) is 1. The molecule has 0 saturated carbocycles. The molecule has 4 aromatic rings. The van der Waals surface area contributed by atoms with Crippen LogP contribution in [0, 0.1) is 0 Å². The molecule has 0 radical (unpaired) electrons. The van der Waals surface area contributed by atoms with Crippen LogP contribution in [0.25, 0.3) is 38.9 Å². The predicted octanol–water partition coefficient (Wildman–Crippen LogP) is 7.01. The maximum atomic E-state index is 12.8. The van der Waals surface area contributed by atoms with Gasteiger partial charge in [0.25, 0.3) is 0 Å². The third-order valence-corrected chi connectivity index (χ3v) is 6.88. The topological polar surface area (TPSA) is 96.6 Å². The third kappa shape index (κ3) is 6.20. The fourth-order valence-corrected chi connectivity index (χ4v) is 4.88. The van der Waals surface area contributed by atoms with Crippen molar-refractivity contribution in [2.24, 2.45) is 10.7 Å². The van der Waals surface area contributed by atoms with E-state index in [1.54, 1.807) is 11.2 Å². The predicted molar refractivity (Wildman–Crippen MR) is 158 cm³/mol. The van der Waals surface area contributed by atoms with Gasteiger partial charge in [0.1, 0.15) is 5.60 Å². The maximum absolute atomic E-state index is 12.8. The van der Waals surface area contributed by atoms with E-state index < -0.39 is 5.60 Å². The number of benzene rings is 3. The lowest BCUT2D eigenvalue weighted by Crippen LogP contribution is -2.46. The number of amides is 1. The Bertz CT molecular complexity index is 1500. The van der Waals surface area contributed by atoms with E-state index in [4.69, 9.17) is 15.5 Å². The Morgan fingerprint density at radius 2 is 1.74 bits per heavy atom. The van der Waals surface area contributed by atoms with Crippen molar-refractivity contribution in [2.75, 3.05) is 6.54 Å². The van der Waals surface area contributed by atoms with Crippen LogP contribution in [0.5, 0.6) is 0 Å². The third-order valence-electron chi connectivity index (χ3n) is 6.88. The molecule has 1 aromatic heterocycles. The molecule has 1 aliphatic heterocycles. The van der Waals surface area contributed by atoms with Crippen molar-refractivity contribution < 1.29 is 9.53 Å². The molecule has 1 amide bonds. The van der Waals surface area contributed by atoms with Gasteiger partial charge >= 0.3 is 6.09 Å². The van der Waals surface area contributed by atoms with Gasteiger partial charge < -0.3 is 20.4 Å². The van der Waals surface area contributed by atoms with Crippen LogP contribution in [-0.2, 0) is 4.74 Å². The minimum absolute atomic E-state index is 0.119. The van der Waals surface area contributed by atoms with Gasteiger partial charge in [-0.3, -0.25) is 4.99 Å². The minimum atomic E-state index is -0.535. The zero-order chi connectivity index (χ0) is 27.4. The Labute approximate surface area is 229 Å². The summed E-state index contributed by atoms with van der Waals surface area (Å²) >= 11 is 0. The van der Waals surface area contributed by atoms with Gasteiger partial charge in [-0.1, -0.05) is 48.5 Å². The van der Waals surface area contributed by atoms with Crippen LogP contribution in [0.15, 0.2) is 84.4 Å². The second-order valence-electron chi connectivity index (χ2n) is 10.9. The molecule has 1 aliphatic rings. The average Bonchev–Trinajstić information content (AvgIpc) is 3.48. The summed E-state index contributed by atoms with van der Waals surface area (Å²) in [5.74, 6) is 0. The second kappa shape index (κ2) is 11.2.